The Hall–Kier alpha value is 0.0569. The molecule has 0 aromatic heterocycles. The van der Waals surface area contributed by atoms with Crippen LogP contribution in [0.3, 0.4) is 0 Å². The Morgan fingerprint density at radius 3 is 2.42 bits per heavy atom. The van der Waals surface area contributed by atoms with Gasteiger partial charge in [0.1, 0.15) is 0 Å². The number of ether oxygens (including phenoxy) is 2. The lowest BCUT2D eigenvalue weighted by molar-refractivity contribution is -0.161. The smallest absolute Gasteiger partial charge is 0.191 e. The Kier molecular flexibility index (Phi) is 5.97. The molecule has 0 radical (unpaired) electrons. The van der Waals surface area contributed by atoms with E-state index in [1.54, 1.807) is 0 Å². The molecule has 2 aliphatic carbocycles. The van der Waals surface area contributed by atoms with Crippen LogP contribution in [-0.4, -0.2) is 44.6 Å². The molecule has 4 nitrogen and oxygen atoms in total. The molecule has 0 bridgehead atoms. The zero-order chi connectivity index (χ0) is 19.1. The SMILES string of the molecule is CC(C)(C)[Si](C)(C)OCCCCCC1(O)CCC2CC3(CC21)OCCO3. The minimum absolute atomic E-state index is 0.282. The fourth-order valence-electron chi connectivity index (χ4n) is 4.98. The van der Waals surface area contributed by atoms with E-state index in [0.717, 1.165) is 58.0 Å². The molecule has 3 unspecified atom stereocenters. The third kappa shape index (κ3) is 4.22. The van der Waals surface area contributed by atoms with E-state index < -0.39 is 13.9 Å². The van der Waals surface area contributed by atoms with Crippen molar-refractivity contribution in [1.29, 1.82) is 0 Å². The topological polar surface area (TPSA) is 47.9 Å². The largest absolute Gasteiger partial charge is 0.417 e. The van der Waals surface area contributed by atoms with Crippen molar-refractivity contribution in [2.75, 3.05) is 19.8 Å². The van der Waals surface area contributed by atoms with E-state index in [-0.39, 0.29) is 10.8 Å². The standard InChI is InChI=1S/C21H40O4Si/c1-19(2,3)26(4,5)25-12-8-6-7-10-20(22)11-9-17-15-21(16-18(17)20)23-13-14-24-21/h17-18,22H,6-16H2,1-5H3. The summed E-state index contributed by atoms with van der Waals surface area (Å²) >= 11 is 0. The summed E-state index contributed by atoms with van der Waals surface area (Å²) in [5, 5.41) is 11.5. The Labute approximate surface area is 161 Å². The second-order valence-corrected chi connectivity index (χ2v) is 15.3. The van der Waals surface area contributed by atoms with Crippen molar-refractivity contribution in [3.63, 3.8) is 0 Å². The van der Waals surface area contributed by atoms with E-state index in [1.807, 2.05) is 0 Å². The second-order valence-electron chi connectivity index (χ2n) is 10.4. The van der Waals surface area contributed by atoms with Crippen LogP contribution in [0.1, 0.15) is 72.1 Å². The molecule has 2 saturated carbocycles. The second kappa shape index (κ2) is 7.47. The molecule has 3 fully saturated rings. The summed E-state index contributed by atoms with van der Waals surface area (Å²) < 4.78 is 18.1. The lowest BCUT2D eigenvalue weighted by Crippen LogP contribution is -2.41. The Balaban J connectivity index is 1.38. The molecule has 0 aromatic carbocycles. The van der Waals surface area contributed by atoms with Gasteiger partial charge in [0.15, 0.2) is 14.1 Å². The fourth-order valence-corrected chi connectivity index (χ4v) is 6.06. The van der Waals surface area contributed by atoms with Crippen LogP contribution in [0.25, 0.3) is 0 Å². The highest BCUT2D eigenvalue weighted by Crippen LogP contribution is 2.57. The van der Waals surface area contributed by atoms with E-state index in [0.29, 0.717) is 25.0 Å². The zero-order valence-electron chi connectivity index (χ0n) is 17.6. The quantitative estimate of drug-likeness (QED) is 0.503. The predicted molar refractivity (Wildman–Crippen MR) is 107 cm³/mol. The summed E-state index contributed by atoms with van der Waals surface area (Å²) in [7, 11) is -1.62. The number of hydrogen-bond donors (Lipinski definition) is 1. The van der Waals surface area contributed by atoms with Crippen molar-refractivity contribution in [1.82, 2.24) is 0 Å². The van der Waals surface area contributed by atoms with E-state index in [1.165, 1.54) is 0 Å². The van der Waals surface area contributed by atoms with E-state index >= 15 is 0 Å². The van der Waals surface area contributed by atoms with Crippen molar-refractivity contribution in [3.05, 3.63) is 0 Å². The number of hydrogen-bond acceptors (Lipinski definition) is 4. The van der Waals surface area contributed by atoms with Gasteiger partial charge in [-0.3, -0.25) is 0 Å². The molecule has 1 saturated heterocycles. The maximum Gasteiger partial charge on any atom is 0.191 e. The van der Waals surface area contributed by atoms with Gasteiger partial charge in [0.25, 0.3) is 0 Å². The average Bonchev–Trinajstić information content (AvgIpc) is 3.22. The maximum atomic E-state index is 11.3. The monoisotopic (exact) mass is 384 g/mol. The van der Waals surface area contributed by atoms with Crippen molar-refractivity contribution in [3.8, 4) is 0 Å². The first-order valence-corrected chi connectivity index (χ1v) is 13.6. The van der Waals surface area contributed by atoms with Crippen LogP contribution >= 0.6 is 0 Å². The van der Waals surface area contributed by atoms with E-state index in [2.05, 4.69) is 33.9 Å². The van der Waals surface area contributed by atoms with Crippen molar-refractivity contribution in [2.45, 2.75) is 102 Å². The first-order chi connectivity index (χ1) is 12.1. The number of rotatable bonds is 7. The third-order valence-corrected chi connectivity index (χ3v) is 12.2. The van der Waals surface area contributed by atoms with Gasteiger partial charge in [-0.25, -0.2) is 0 Å². The van der Waals surface area contributed by atoms with Crippen LogP contribution < -0.4 is 0 Å². The first-order valence-electron chi connectivity index (χ1n) is 10.7. The maximum absolute atomic E-state index is 11.3. The minimum atomic E-state index is -1.62. The summed E-state index contributed by atoms with van der Waals surface area (Å²) in [4.78, 5) is 0. The zero-order valence-corrected chi connectivity index (χ0v) is 18.6. The molecule has 0 amide bonds. The van der Waals surface area contributed by atoms with Gasteiger partial charge >= 0.3 is 0 Å². The van der Waals surface area contributed by atoms with Crippen LogP contribution in [0.4, 0.5) is 0 Å². The highest BCUT2D eigenvalue weighted by Gasteiger charge is 2.58. The minimum Gasteiger partial charge on any atom is -0.417 e. The summed E-state index contributed by atoms with van der Waals surface area (Å²) in [6, 6.07) is 0. The first kappa shape index (κ1) is 20.8. The Morgan fingerprint density at radius 1 is 1.08 bits per heavy atom. The number of aliphatic hydroxyl groups is 1. The van der Waals surface area contributed by atoms with Crippen molar-refractivity contribution >= 4 is 8.32 Å². The molecule has 152 valence electrons. The molecular weight excluding hydrogens is 344 g/mol. The molecule has 0 aromatic rings. The predicted octanol–water partition coefficient (Wildman–Crippen LogP) is 4.86. The van der Waals surface area contributed by atoms with E-state index in [4.69, 9.17) is 13.9 Å². The number of unbranched alkanes of at least 4 members (excludes halogenated alkanes) is 2. The summed E-state index contributed by atoms with van der Waals surface area (Å²) in [5.74, 6) is 0.588. The fraction of sp³-hybridized carbons (Fsp3) is 1.00. The van der Waals surface area contributed by atoms with Gasteiger partial charge in [0.05, 0.1) is 18.8 Å². The van der Waals surface area contributed by atoms with Gasteiger partial charge in [-0.2, -0.15) is 0 Å². The lowest BCUT2D eigenvalue weighted by Gasteiger charge is -2.36. The highest BCUT2D eigenvalue weighted by atomic mass is 28.4. The molecule has 26 heavy (non-hydrogen) atoms. The molecule has 5 heteroatoms. The molecular formula is C21H40O4Si. The van der Waals surface area contributed by atoms with E-state index in [9.17, 15) is 5.11 Å². The Bertz CT molecular complexity index is 481. The summed E-state index contributed by atoms with van der Waals surface area (Å²) in [6.07, 6.45) is 8.23. The van der Waals surface area contributed by atoms with Crippen LogP contribution in [0.5, 0.6) is 0 Å². The van der Waals surface area contributed by atoms with Crippen molar-refractivity contribution in [2.24, 2.45) is 11.8 Å². The highest BCUT2D eigenvalue weighted by molar-refractivity contribution is 6.74. The van der Waals surface area contributed by atoms with Crippen LogP contribution in [0.2, 0.25) is 18.1 Å². The number of fused-ring (bicyclic) bond motifs is 1. The van der Waals surface area contributed by atoms with Gasteiger partial charge in [0, 0.05) is 19.4 Å². The Morgan fingerprint density at radius 2 is 1.77 bits per heavy atom. The van der Waals surface area contributed by atoms with Crippen LogP contribution in [0, 0.1) is 11.8 Å². The molecule has 1 spiro atoms. The third-order valence-electron chi connectivity index (χ3n) is 7.65. The van der Waals surface area contributed by atoms with Gasteiger partial charge < -0.3 is 19.0 Å². The van der Waals surface area contributed by atoms with Crippen LogP contribution in [0.15, 0.2) is 0 Å². The van der Waals surface area contributed by atoms with Crippen molar-refractivity contribution < 1.29 is 19.0 Å². The molecule has 3 aliphatic rings. The van der Waals surface area contributed by atoms with Gasteiger partial charge in [0.2, 0.25) is 0 Å². The summed E-state index contributed by atoms with van der Waals surface area (Å²) in [5.41, 5.74) is -0.496. The van der Waals surface area contributed by atoms with Gasteiger partial charge in [-0.1, -0.05) is 33.6 Å². The molecule has 1 N–H and O–H groups in total. The summed E-state index contributed by atoms with van der Waals surface area (Å²) in [6.45, 7) is 13.8. The molecule has 3 atom stereocenters. The van der Waals surface area contributed by atoms with Gasteiger partial charge in [-0.15, -0.1) is 0 Å². The average molecular weight is 385 g/mol. The lowest BCUT2D eigenvalue weighted by atomic mass is 9.83. The van der Waals surface area contributed by atoms with Crippen LogP contribution in [-0.2, 0) is 13.9 Å². The molecule has 1 aliphatic heterocycles. The normalized spacial score (nSPS) is 33.9. The molecule has 3 rings (SSSR count). The molecule has 1 heterocycles. The van der Waals surface area contributed by atoms with Gasteiger partial charge in [-0.05, 0) is 55.7 Å².